The van der Waals surface area contributed by atoms with Gasteiger partial charge >= 0.3 is 6.09 Å². The fourth-order valence-corrected chi connectivity index (χ4v) is 7.12. The van der Waals surface area contributed by atoms with Crippen molar-refractivity contribution in [2.24, 2.45) is 0 Å². The number of amides is 2. The number of rotatable bonds is 7. The van der Waals surface area contributed by atoms with Gasteiger partial charge in [-0.1, -0.05) is 44.2 Å². The number of piperazine rings is 1. The maximum atomic E-state index is 13.5. The molecule has 1 saturated heterocycles. The number of anilines is 1. The van der Waals surface area contributed by atoms with Crippen LogP contribution >= 0.6 is 0 Å². The monoisotopic (exact) mass is 643 g/mol. The lowest BCUT2D eigenvalue weighted by molar-refractivity contribution is -0.0268. The molecule has 3 aliphatic rings. The highest BCUT2D eigenvalue weighted by molar-refractivity contribution is 5.98. The molecule has 1 aromatic heterocycles. The predicted molar refractivity (Wildman–Crippen MR) is 179 cm³/mol. The van der Waals surface area contributed by atoms with Crippen LogP contribution in [0.25, 0.3) is 0 Å². The summed E-state index contributed by atoms with van der Waals surface area (Å²) in [5.74, 6) is -0.287. The van der Waals surface area contributed by atoms with E-state index in [0.29, 0.717) is 51.3 Å². The first-order valence-corrected chi connectivity index (χ1v) is 16.5. The van der Waals surface area contributed by atoms with Crippen molar-refractivity contribution in [1.29, 1.82) is 0 Å². The number of β-amino-alcohol motifs (C(OH)–C–C–N with tert-alkyl or cyclic N) is 1. The minimum absolute atomic E-state index is 0.0139. The number of carbonyl (C=O) groups excluding carboxylic acids is 2. The third-order valence-corrected chi connectivity index (χ3v) is 9.51. The molecular formula is C37H46FN5O4. The maximum Gasteiger partial charge on any atom is 0.410 e. The predicted octanol–water partition coefficient (Wildman–Crippen LogP) is 5.19. The quantitative estimate of drug-likeness (QED) is 0.379. The minimum atomic E-state index is -0.842. The number of halogens is 1. The second kappa shape index (κ2) is 12.5. The standard InChI is InChI=1S/C37H46FN5O4/c1-24-18-40(29(21-42(24)35(46)47-36(2,3)4)20-41-19-26-9-7-8-10-30(26)34(41)45)22-33(44)43-23-37(5,6)31-17-39-28(16-32(31)43)15-25-11-13-27(38)14-12-25/h7-14,16-17,24,29,33,44H,15,18-23H2,1-6H3/t24-,29+,33?/m1/s1. The summed E-state index contributed by atoms with van der Waals surface area (Å²) in [6.45, 7) is 14.6. The zero-order valence-electron chi connectivity index (χ0n) is 28.2. The number of carbonyl (C=O) groups is 2. The van der Waals surface area contributed by atoms with Gasteiger partial charge < -0.3 is 24.5 Å². The van der Waals surface area contributed by atoms with E-state index in [0.717, 1.165) is 28.1 Å². The SMILES string of the molecule is C[C@@H]1CN(CC(O)N2CC(C)(C)c3cnc(Cc4ccc(F)cc4)cc32)[C@@H](CN2Cc3ccccc3C2=O)CN1C(=O)OC(C)(C)C. The Bertz CT molecular complexity index is 1640. The van der Waals surface area contributed by atoms with Crippen LogP contribution in [0.5, 0.6) is 0 Å². The van der Waals surface area contributed by atoms with Gasteiger partial charge in [-0.25, -0.2) is 9.18 Å². The third-order valence-electron chi connectivity index (χ3n) is 9.51. The van der Waals surface area contributed by atoms with Crippen molar-refractivity contribution in [3.8, 4) is 0 Å². The summed E-state index contributed by atoms with van der Waals surface area (Å²) in [5.41, 5.74) is 4.67. The molecule has 2 aromatic carbocycles. The molecular weight excluding hydrogens is 597 g/mol. The molecule has 10 heteroatoms. The van der Waals surface area contributed by atoms with E-state index in [1.54, 1.807) is 17.0 Å². The van der Waals surface area contributed by atoms with E-state index < -0.39 is 11.8 Å². The van der Waals surface area contributed by atoms with Crippen LogP contribution in [-0.2, 0) is 23.1 Å². The highest BCUT2D eigenvalue weighted by Gasteiger charge is 2.43. The topological polar surface area (TPSA) is 89.5 Å². The second-order valence-corrected chi connectivity index (χ2v) is 14.9. The zero-order chi connectivity index (χ0) is 33.7. The van der Waals surface area contributed by atoms with Crippen molar-refractivity contribution in [2.75, 3.05) is 37.6 Å². The highest BCUT2D eigenvalue weighted by Crippen LogP contribution is 2.41. The normalized spacial score (nSPS) is 21.5. The summed E-state index contributed by atoms with van der Waals surface area (Å²) < 4.78 is 19.3. The summed E-state index contributed by atoms with van der Waals surface area (Å²) in [6.07, 6.45) is 1.24. The molecule has 6 rings (SSSR count). The molecule has 0 bridgehead atoms. The number of benzene rings is 2. The van der Waals surface area contributed by atoms with Gasteiger partial charge in [0.25, 0.3) is 5.91 Å². The molecule has 3 aliphatic heterocycles. The van der Waals surface area contributed by atoms with Crippen LogP contribution in [0.2, 0.25) is 0 Å². The van der Waals surface area contributed by atoms with Crippen LogP contribution in [0.1, 0.15) is 74.3 Å². The van der Waals surface area contributed by atoms with Crippen LogP contribution in [0, 0.1) is 5.82 Å². The summed E-state index contributed by atoms with van der Waals surface area (Å²) in [5, 5.41) is 11.9. The molecule has 0 saturated carbocycles. The Morgan fingerprint density at radius 2 is 1.85 bits per heavy atom. The molecule has 3 aromatic rings. The van der Waals surface area contributed by atoms with E-state index in [-0.39, 0.29) is 35.3 Å². The number of aliphatic hydroxyl groups is 1. The van der Waals surface area contributed by atoms with Gasteiger partial charge in [-0.2, -0.15) is 0 Å². The summed E-state index contributed by atoms with van der Waals surface area (Å²) in [4.78, 5) is 39.3. The molecule has 0 aliphatic carbocycles. The minimum Gasteiger partial charge on any atom is -0.444 e. The van der Waals surface area contributed by atoms with Crippen molar-refractivity contribution < 1.29 is 23.8 Å². The van der Waals surface area contributed by atoms with Crippen LogP contribution in [-0.4, -0.2) is 93.4 Å². The molecule has 250 valence electrons. The first-order valence-electron chi connectivity index (χ1n) is 16.5. The number of aliphatic hydroxyl groups excluding tert-OH is 1. The van der Waals surface area contributed by atoms with E-state index >= 15 is 0 Å². The van der Waals surface area contributed by atoms with Gasteiger partial charge in [0.15, 0.2) is 0 Å². The van der Waals surface area contributed by atoms with Crippen molar-refractivity contribution in [1.82, 2.24) is 19.7 Å². The Morgan fingerprint density at radius 3 is 2.55 bits per heavy atom. The largest absolute Gasteiger partial charge is 0.444 e. The van der Waals surface area contributed by atoms with Crippen LogP contribution in [0.3, 0.4) is 0 Å². The van der Waals surface area contributed by atoms with Gasteiger partial charge in [-0.3, -0.25) is 14.7 Å². The van der Waals surface area contributed by atoms with Gasteiger partial charge in [0.05, 0.1) is 0 Å². The van der Waals surface area contributed by atoms with Crippen molar-refractivity contribution in [3.05, 3.63) is 94.6 Å². The molecule has 2 amide bonds. The average molecular weight is 644 g/mol. The molecule has 47 heavy (non-hydrogen) atoms. The zero-order valence-corrected chi connectivity index (χ0v) is 28.2. The number of hydrogen-bond acceptors (Lipinski definition) is 7. The van der Waals surface area contributed by atoms with Crippen LogP contribution in [0.4, 0.5) is 14.9 Å². The molecule has 1 N–H and O–H groups in total. The van der Waals surface area contributed by atoms with Crippen molar-refractivity contribution in [3.63, 3.8) is 0 Å². The molecule has 1 unspecified atom stereocenters. The third kappa shape index (κ3) is 6.99. The number of fused-ring (bicyclic) bond motifs is 2. The lowest BCUT2D eigenvalue weighted by Crippen LogP contribution is -2.64. The number of aromatic nitrogens is 1. The van der Waals surface area contributed by atoms with E-state index in [9.17, 15) is 19.1 Å². The summed E-state index contributed by atoms with van der Waals surface area (Å²) in [6, 6.07) is 15.8. The van der Waals surface area contributed by atoms with Crippen molar-refractivity contribution in [2.45, 2.75) is 83.8 Å². The Hall–Kier alpha value is -4.02. The lowest BCUT2D eigenvalue weighted by Gasteiger charge is -2.47. The number of pyridine rings is 1. The maximum absolute atomic E-state index is 13.5. The summed E-state index contributed by atoms with van der Waals surface area (Å²) >= 11 is 0. The molecule has 1 fully saturated rings. The lowest BCUT2D eigenvalue weighted by atomic mass is 9.88. The molecule has 4 heterocycles. The Balaban J connectivity index is 1.23. The van der Waals surface area contributed by atoms with Gasteiger partial charge in [0, 0.05) is 91.9 Å². The fraction of sp³-hybridized carbons (Fsp3) is 0.486. The number of nitrogens with zero attached hydrogens (tertiary/aromatic N) is 5. The smallest absolute Gasteiger partial charge is 0.410 e. The van der Waals surface area contributed by atoms with Gasteiger partial charge in [-0.05, 0) is 63.1 Å². The van der Waals surface area contributed by atoms with Gasteiger partial charge in [0.2, 0.25) is 0 Å². The average Bonchev–Trinajstić information content (AvgIpc) is 3.46. The van der Waals surface area contributed by atoms with E-state index in [2.05, 4.69) is 18.7 Å². The van der Waals surface area contributed by atoms with E-state index in [1.165, 1.54) is 12.1 Å². The molecule has 0 spiro atoms. The van der Waals surface area contributed by atoms with Crippen LogP contribution in [0.15, 0.2) is 60.8 Å². The first kappa shape index (κ1) is 32.9. The molecule has 9 nitrogen and oxygen atoms in total. The van der Waals surface area contributed by atoms with E-state index in [1.807, 2.05) is 74.0 Å². The van der Waals surface area contributed by atoms with Gasteiger partial charge in [-0.15, -0.1) is 0 Å². The number of hydrogen-bond donors (Lipinski definition) is 1. The van der Waals surface area contributed by atoms with Crippen molar-refractivity contribution >= 4 is 17.7 Å². The number of ether oxygens (including phenoxy) is 1. The van der Waals surface area contributed by atoms with Crippen LogP contribution < -0.4 is 4.90 Å². The first-order chi connectivity index (χ1) is 22.2. The van der Waals surface area contributed by atoms with E-state index in [4.69, 9.17) is 9.72 Å². The summed E-state index contributed by atoms with van der Waals surface area (Å²) in [7, 11) is 0. The highest BCUT2D eigenvalue weighted by atomic mass is 19.1. The molecule has 0 radical (unpaired) electrons. The Kier molecular flexibility index (Phi) is 8.78. The van der Waals surface area contributed by atoms with Gasteiger partial charge in [0.1, 0.15) is 17.6 Å². The Labute approximate surface area is 276 Å². The Morgan fingerprint density at radius 1 is 1.13 bits per heavy atom. The fourth-order valence-electron chi connectivity index (χ4n) is 7.12. The second-order valence-electron chi connectivity index (χ2n) is 14.9. The molecule has 3 atom stereocenters.